The Balaban J connectivity index is 2.12. The first-order chi connectivity index (χ1) is 8.70. The molecule has 2 N–H and O–H groups in total. The van der Waals surface area contributed by atoms with Crippen molar-refractivity contribution in [1.29, 1.82) is 0 Å². The van der Waals surface area contributed by atoms with Gasteiger partial charge in [0.1, 0.15) is 5.69 Å². The molecule has 0 spiro atoms. The van der Waals surface area contributed by atoms with Crippen molar-refractivity contribution in [3.63, 3.8) is 0 Å². The molecule has 0 aromatic carbocycles. The zero-order valence-corrected chi connectivity index (χ0v) is 10.3. The fourth-order valence-electron chi connectivity index (χ4n) is 1.84. The van der Waals surface area contributed by atoms with E-state index in [1.807, 2.05) is 13.0 Å². The average Bonchev–Trinajstić information content (AvgIpc) is 2.39. The van der Waals surface area contributed by atoms with Crippen molar-refractivity contribution in [2.45, 2.75) is 6.92 Å². The number of aromatic nitrogens is 1. The molecule has 1 saturated heterocycles. The van der Waals surface area contributed by atoms with Crippen molar-refractivity contribution in [1.82, 2.24) is 15.2 Å². The molecule has 0 saturated carbocycles. The average molecular weight is 248 g/mol. The van der Waals surface area contributed by atoms with Crippen LogP contribution < -0.4 is 10.6 Å². The lowest BCUT2D eigenvalue weighted by Gasteiger charge is -2.26. The Morgan fingerprint density at radius 1 is 1.61 bits per heavy atom. The van der Waals surface area contributed by atoms with Crippen molar-refractivity contribution in [2.24, 2.45) is 0 Å². The summed E-state index contributed by atoms with van der Waals surface area (Å²) in [6.07, 6.45) is 1.59. The van der Waals surface area contributed by atoms with Crippen LogP contribution in [0.4, 0.5) is 5.69 Å². The van der Waals surface area contributed by atoms with Gasteiger partial charge in [-0.3, -0.25) is 14.6 Å². The van der Waals surface area contributed by atoms with E-state index in [1.54, 1.807) is 12.3 Å². The Morgan fingerprint density at radius 2 is 2.44 bits per heavy atom. The highest BCUT2D eigenvalue weighted by Crippen LogP contribution is 2.10. The number of amides is 2. The van der Waals surface area contributed by atoms with Crippen LogP contribution in [-0.4, -0.2) is 47.9 Å². The molecule has 6 heteroatoms. The summed E-state index contributed by atoms with van der Waals surface area (Å²) >= 11 is 0. The fourth-order valence-corrected chi connectivity index (χ4v) is 1.84. The van der Waals surface area contributed by atoms with E-state index >= 15 is 0 Å². The van der Waals surface area contributed by atoms with Crippen molar-refractivity contribution < 1.29 is 9.59 Å². The second-order valence-electron chi connectivity index (χ2n) is 4.04. The van der Waals surface area contributed by atoms with Gasteiger partial charge >= 0.3 is 0 Å². The molecule has 0 bridgehead atoms. The van der Waals surface area contributed by atoms with Gasteiger partial charge < -0.3 is 15.5 Å². The number of carbonyl (C=O) groups excluding carboxylic acids is 2. The molecule has 1 aromatic heterocycles. The number of nitrogens with one attached hydrogen (secondary N) is 2. The third kappa shape index (κ3) is 2.77. The number of carbonyl (C=O) groups is 2. The molecule has 1 aliphatic rings. The van der Waals surface area contributed by atoms with Gasteiger partial charge in [0.2, 0.25) is 5.91 Å². The lowest BCUT2D eigenvalue weighted by atomic mass is 10.2. The van der Waals surface area contributed by atoms with E-state index in [2.05, 4.69) is 15.6 Å². The highest BCUT2D eigenvalue weighted by molar-refractivity contribution is 5.96. The molecule has 2 amide bonds. The highest BCUT2D eigenvalue weighted by Gasteiger charge is 2.23. The number of anilines is 1. The lowest BCUT2D eigenvalue weighted by Crippen LogP contribution is -2.50. The number of rotatable bonds is 3. The number of hydrogen-bond acceptors (Lipinski definition) is 4. The summed E-state index contributed by atoms with van der Waals surface area (Å²) < 4.78 is 0. The van der Waals surface area contributed by atoms with E-state index in [-0.39, 0.29) is 18.4 Å². The molecular weight excluding hydrogens is 232 g/mol. The van der Waals surface area contributed by atoms with Gasteiger partial charge in [-0.05, 0) is 19.1 Å². The molecule has 2 rings (SSSR count). The Bertz CT molecular complexity index is 461. The van der Waals surface area contributed by atoms with E-state index < -0.39 is 0 Å². The molecule has 1 fully saturated rings. The van der Waals surface area contributed by atoms with E-state index in [0.717, 1.165) is 12.2 Å². The first-order valence-corrected chi connectivity index (χ1v) is 5.96. The van der Waals surface area contributed by atoms with E-state index in [1.165, 1.54) is 4.90 Å². The predicted molar refractivity (Wildman–Crippen MR) is 67.3 cm³/mol. The summed E-state index contributed by atoms with van der Waals surface area (Å²) in [7, 11) is 0. The number of nitrogens with zero attached hydrogens (tertiary/aromatic N) is 2. The minimum atomic E-state index is -0.204. The molecule has 0 unspecified atom stereocenters. The minimum Gasteiger partial charge on any atom is -0.385 e. The first kappa shape index (κ1) is 12.3. The molecule has 0 aliphatic carbocycles. The van der Waals surface area contributed by atoms with Crippen molar-refractivity contribution in [2.75, 3.05) is 31.5 Å². The zero-order chi connectivity index (χ0) is 13.0. The smallest absolute Gasteiger partial charge is 0.273 e. The van der Waals surface area contributed by atoms with E-state index in [0.29, 0.717) is 18.8 Å². The van der Waals surface area contributed by atoms with Gasteiger partial charge in [0, 0.05) is 31.5 Å². The summed E-state index contributed by atoms with van der Waals surface area (Å²) in [5, 5.41) is 5.81. The molecule has 0 atom stereocenters. The largest absolute Gasteiger partial charge is 0.385 e. The summed E-state index contributed by atoms with van der Waals surface area (Å²) in [5.74, 6) is -0.331. The Kier molecular flexibility index (Phi) is 3.76. The van der Waals surface area contributed by atoms with E-state index in [4.69, 9.17) is 0 Å². The summed E-state index contributed by atoms with van der Waals surface area (Å²) in [4.78, 5) is 29.0. The van der Waals surface area contributed by atoms with Crippen LogP contribution in [0.1, 0.15) is 17.4 Å². The van der Waals surface area contributed by atoms with E-state index in [9.17, 15) is 9.59 Å². The van der Waals surface area contributed by atoms with Crippen molar-refractivity contribution >= 4 is 17.5 Å². The number of piperazine rings is 1. The maximum Gasteiger partial charge on any atom is 0.273 e. The maximum absolute atomic E-state index is 12.2. The van der Waals surface area contributed by atoms with Gasteiger partial charge in [0.15, 0.2) is 0 Å². The third-order valence-electron chi connectivity index (χ3n) is 2.69. The molecule has 2 heterocycles. The monoisotopic (exact) mass is 248 g/mol. The Hall–Kier alpha value is -2.11. The maximum atomic E-state index is 12.2. The van der Waals surface area contributed by atoms with Crippen LogP contribution in [0.25, 0.3) is 0 Å². The molecule has 0 radical (unpaired) electrons. The van der Waals surface area contributed by atoms with Crippen LogP contribution in [-0.2, 0) is 4.79 Å². The van der Waals surface area contributed by atoms with Gasteiger partial charge in [0.25, 0.3) is 5.91 Å². The molecule has 96 valence electrons. The number of pyridine rings is 1. The van der Waals surface area contributed by atoms with Crippen LogP contribution in [0.2, 0.25) is 0 Å². The van der Waals surface area contributed by atoms with Crippen LogP contribution >= 0.6 is 0 Å². The van der Waals surface area contributed by atoms with Crippen LogP contribution in [0, 0.1) is 0 Å². The Labute approximate surface area is 105 Å². The second-order valence-corrected chi connectivity index (χ2v) is 4.04. The summed E-state index contributed by atoms with van der Waals surface area (Å²) in [6.45, 7) is 3.89. The first-order valence-electron chi connectivity index (χ1n) is 5.96. The highest BCUT2D eigenvalue weighted by atomic mass is 16.2. The zero-order valence-electron chi connectivity index (χ0n) is 10.3. The quantitative estimate of drug-likeness (QED) is 0.794. The third-order valence-corrected chi connectivity index (χ3v) is 2.69. The van der Waals surface area contributed by atoms with Crippen LogP contribution in [0.3, 0.4) is 0 Å². The van der Waals surface area contributed by atoms with Gasteiger partial charge in [-0.25, -0.2) is 0 Å². The SMILES string of the molecule is CCNc1ccnc(C(=O)N2CCNC(=O)C2)c1. The Morgan fingerprint density at radius 3 is 3.17 bits per heavy atom. The van der Waals surface area contributed by atoms with Crippen LogP contribution in [0.5, 0.6) is 0 Å². The van der Waals surface area contributed by atoms with Crippen LogP contribution in [0.15, 0.2) is 18.3 Å². The summed E-state index contributed by atoms with van der Waals surface area (Å²) in [5.41, 5.74) is 1.22. The van der Waals surface area contributed by atoms with Crippen molar-refractivity contribution in [3.05, 3.63) is 24.0 Å². The molecule has 1 aromatic rings. The fraction of sp³-hybridized carbons (Fsp3) is 0.417. The topological polar surface area (TPSA) is 74.3 Å². The van der Waals surface area contributed by atoms with Gasteiger partial charge in [0.05, 0.1) is 6.54 Å². The molecule has 18 heavy (non-hydrogen) atoms. The van der Waals surface area contributed by atoms with Gasteiger partial charge in [-0.2, -0.15) is 0 Å². The summed E-state index contributed by atoms with van der Waals surface area (Å²) in [6, 6.07) is 3.52. The molecule has 6 nitrogen and oxygen atoms in total. The number of hydrogen-bond donors (Lipinski definition) is 2. The lowest BCUT2D eigenvalue weighted by molar-refractivity contribution is -0.123. The van der Waals surface area contributed by atoms with Crippen molar-refractivity contribution in [3.8, 4) is 0 Å². The van der Waals surface area contributed by atoms with Gasteiger partial charge in [-0.1, -0.05) is 0 Å². The minimum absolute atomic E-state index is 0.103. The normalized spacial score (nSPS) is 15.2. The predicted octanol–water partition coefficient (Wildman–Crippen LogP) is 0.0854. The molecule has 1 aliphatic heterocycles. The van der Waals surface area contributed by atoms with Gasteiger partial charge in [-0.15, -0.1) is 0 Å². The molecular formula is C12H16N4O2. The second kappa shape index (κ2) is 5.48. The standard InChI is InChI=1S/C12H16N4O2/c1-2-13-9-3-4-14-10(7-9)12(18)16-6-5-15-11(17)8-16/h3-4,7H,2,5-6,8H2,1H3,(H,13,14)(H,15,17).